The number of nitrogens with zero attached hydrogens (tertiary/aromatic N) is 2. The van der Waals surface area contributed by atoms with Gasteiger partial charge in [-0.3, -0.25) is 4.79 Å². The van der Waals surface area contributed by atoms with Crippen molar-refractivity contribution in [2.45, 2.75) is 52.0 Å². The highest BCUT2D eigenvalue weighted by atomic mass is 16.5. The van der Waals surface area contributed by atoms with E-state index in [0.717, 1.165) is 24.1 Å². The Morgan fingerprint density at radius 1 is 1.35 bits per heavy atom. The van der Waals surface area contributed by atoms with Crippen LogP contribution in [0.1, 0.15) is 54.5 Å². The van der Waals surface area contributed by atoms with Crippen LogP contribution in [0.4, 0.5) is 0 Å². The third-order valence-electron chi connectivity index (χ3n) is 4.44. The summed E-state index contributed by atoms with van der Waals surface area (Å²) in [6.07, 6.45) is 3.60. The largest absolute Gasteiger partial charge is 0.365 e. The number of imidazole rings is 1. The molecule has 1 unspecified atom stereocenters. The van der Waals surface area contributed by atoms with Crippen LogP contribution < -0.4 is 5.32 Å². The van der Waals surface area contributed by atoms with E-state index in [4.69, 9.17) is 4.74 Å². The maximum atomic E-state index is 12.4. The Labute approximate surface area is 136 Å². The number of amides is 1. The summed E-state index contributed by atoms with van der Waals surface area (Å²) in [5.41, 5.74) is 2.50. The Morgan fingerprint density at radius 3 is 2.78 bits per heavy atom. The Hall–Kier alpha value is -2.14. The van der Waals surface area contributed by atoms with Crippen molar-refractivity contribution in [2.75, 3.05) is 0 Å². The van der Waals surface area contributed by atoms with Crippen molar-refractivity contribution in [1.82, 2.24) is 14.9 Å². The van der Waals surface area contributed by atoms with E-state index in [9.17, 15) is 4.79 Å². The van der Waals surface area contributed by atoms with Gasteiger partial charge in [0.15, 0.2) is 5.69 Å². The van der Waals surface area contributed by atoms with Gasteiger partial charge in [0.05, 0.1) is 25.2 Å². The smallest absolute Gasteiger partial charge is 0.272 e. The van der Waals surface area contributed by atoms with Crippen LogP contribution in [0.5, 0.6) is 0 Å². The van der Waals surface area contributed by atoms with Gasteiger partial charge in [0.1, 0.15) is 6.10 Å². The molecule has 1 amide bonds. The molecule has 1 aliphatic rings. The van der Waals surface area contributed by atoms with E-state index in [-0.39, 0.29) is 18.1 Å². The molecule has 0 bridgehead atoms. The van der Waals surface area contributed by atoms with E-state index in [1.807, 2.05) is 22.8 Å². The van der Waals surface area contributed by atoms with Crippen LogP contribution in [0.2, 0.25) is 0 Å². The number of nitrogens with one attached hydrogen (secondary N) is 1. The number of fused-ring (bicyclic) bond motifs is 1. The Bertz CT molecular complexity index is 662. The fourth-order valence-electron chi connectivity index (χ4n) is 2.93. The molecule has 1 N–H and O–H groups in total. The van der Waals surface area contributed by atoms with Crippen LogP contribution in [-0.4, -0.2) is 21.5 Å². The van der Waals surface area contributed by atoms with E-state index < -0.39 is 0 Å². The van der Waals surface area contributed by atoms with Crippen molar-refractivity contribution >= 4 is 5.91 Å². The third kappa shape index (κ3) is 3.29. The molecule has 2 aromatic rings. The lowest BCUT2D eigenvalue weighted by Gasteiger charge is -2.25. The SMILES string of the molecule is CCC(CC)NC(=O)c1ncn2c1COC(c1ccccc1)C2. The first kappa shape index (κ1) is 15.7. The van der Waals surface area contributed by atoms with Gasteiger partial charge in [-0.05, 0) is 18.4 Å². The zero-order valence-corrected chi connectivity index (χ0v) is 13.7. The van der Waals surface area contributed by atoms with E-state index >= 15 is 0 Å². The summed E-state index contributed by atoms with van der Waals surface area (Å²) in [4.78, 5) is 16.7. The van der Waals surface area contributed by atoms with Gasteiger partial charge in [0, 0.05) is 6.04 Å². The summed E-state index contributed by atoms with van der Waals surface area (Å²) >= 11 is 0. The molecule has 1 atom stereocenters. The van der Waals surface area contributed by atoms with Crippen molar-refractivity contribution in [3.8, 4) is 0 Å². The monoisotopic (exact) mass is 313 g/mol. The van der Waals surface area contributed by atoms with Crippen LogP contribution in [0.25, 0.3) is 0 Å². The van der Waals surface area contributed by atoms with Gasteiger partial charge >= 0.3 is 0 Å². The minimum absolute atomic E-state index is 0.00726. The van der Waals surface area contributed by atoms with E-state index in [1.165, 1.54) is 0 Å². The molecule has 0 saturated carbocycles. The van der Waals surface area contributed by atoms with Crippen LogP contribution in [-0.2, 0) is 17.9 Å². The van der Waals surface area contributed by atoms with Gasteiger partial charge in [0.2, 0.25) is 0 Å². The van der Waals surface area contributed by atoms with Gasteiger partial charge in [-0.15, -0.1) is 0 Å². The first-order valence-electron chi connectivity index (χ1n) is 8.24. The molecule has 5 nitrogen and oxygen atoms in total. The van der Waals surface area contributed by atoms with Gasteiger partial charge in [0.25, 0.3) is 5.91 Å². The topological polar surface area (TPSA) is 56.2 Å². The van der Waals surface area contributed by atoms with E-state index in [0.29, 0.717) is 18.8 Å². The second kappa shape index (κ2) is 6.96. The molecule has 5 heteroatoms. The summed E-state index contributed by atoms with van der Waals surface area (Å²) in [6.45, 7) is 5.24. The Kier molecular flexibility index (Phi) is 4.76. The number of aromatic nitrogens is 2. The fraction of sp³-hybridized carbons (Fsp3) is 0.444. The molecule has 1 aliphatic heterocycles. The van der Waals surface area contributed by atoms with Gasteiger partial charge in [-0.1, -0.05) is 44.2 Å². The summed E-state index contributed by atoms with van der Waals surface area (Å²) in [5, 5.41) is 3.04. The summed E-state index contributed by atoms with van der Waals surface area (Å²) in [7, 11) is 0. The number of hydrogen-bond acceptors (Lipinski definition) is 3. The highest BCUT2D eigenvalue weighted by Gasteiger charge is 2.26. The molecular weight excluding hydrogens is 290 g/mol. The van der Waals surface area contributed by atoms with Crippen LogP contribution in [0.15, 0.2) is 36.7 Å². The number of carbonyl (C=O) groups excluding carboxylic acids is 1. The van der Waals surface area contributed by atoms with E-state index in [2.05, 4.69) is 36.3 Å². The normalized spacial score (nSPS) is 17.1. The average molecular weight is 313 g/mol. The highest BCUT2D eigenvalue weighted by molar-refractivity contribution is 5.93. The van der Waals surface area contributed by atoms with Gasteiger partial charge < -0.3 is 14.6 Å². The summed E-state index contributed by atoms with van der Waals surface area (Å²) in [6, 6.07) is 10.3. The predicted molar refractivity (Wildman–Crippen MR) is 88.0 cm³/mol. The number of hydrogen-bond donors (Lipinski definition) is 1. The molecule has 0 saturated heterocycles. The number of benzene rings is 1. The molecule has 0 radical (unpaired) electrons. The molecule has 1 aromatic heterocycles. The highest BCUT2D eigenvalue weighted by Crippen LogP contribution is 2.27. The molecule has 2 heterocycles. The fourth-order valence-corrected chi connectivity index (χ4v) is 2.93. The molecule has 3 rings (SSSR count). The summed E-state index contributed by atoms with van der Waals surface area (Å²) < 4.78 is 7.99. The Morgan fingerprint density at radius 2 is 2.09 bits per heavy atom. The molecule has 0 spiro atoms. The number of ether oxygens (including phenoxy) is 1. The number of rotatable bonds is 5. The molecule has 0 aliphatic carbocycles. The van der Waals surface area contributed by atoms with Crippen LogP contribution >= 0.6 is 0 Å². The molecule has 23 heavy (non-hydrogen) atoms. The lowest BCUT2D eigenvalue weighted by Crippen LogP contribution is -2.35. The standard InChI is InChI=1S/C18H23N3O2/c1-3-14(4-2)20-18(22)17-15-11-23-16(10-21(15)12-19-17)13-8-6-5-7-9-13/h5-9,12,14,16H,3-4,10-11H2,1-2H3,(H,20,22). The first-order valence-corrected chi connectivity index (χ1v) is 8.24. The maximum Gasteiger partial charge on any atom is 0.272 e. The lowest BCUT2D eigenvalue weighted by molar-refractivity contribution is 0.00256. The van der Waals surface area contributed by atoms with Crippen molar-refractivity contribution in [3.05, 3.63) is 53.6 Å². The predicted octanol–water partition coefficient (Wildman–Crippen LogP) is 3.07. The van der Waals surface area contributed by atoms with Gasteiger partial charge in [-0.2, -0.15) is 0 Å². The molecule has 0 fully saturated rings. The van der Waals surface area contributed by atoms with Crippen molar-refractivity contribution in [3.63, 3.8) is 0 Å². The average Bonchev–Trinajstić information content (AvgIpc) is 3.03. The van der Waals surface area contributed by atoms with Gasteiger partial charge in [-0.25, -0.2) is 4.98 Å². The Balaban J connectivity index is 1.74. The zero-order valence-electron chi connectivity index (χ0n) is 13.7. The minimum Gasteiger partial charge on any atom is -0.365 e. The second-order valence-electron chi connectivity index (χ2n) is 5.89. The van der Waals surface area contributed by atoms with Crippen LogP contribution in [0, 0.1) is 0 Å². The molecule has 122 valence electrons. The molecular formula is C18H23N3O2. The lowest BCUT2D eigenvalue weighted by atomic mass is 10.1. The van der Waals surface area contributed by atoms with Crippen molar-refractivity contribution < 1.29 is 9.53 Å². The third-order valence-corrected chi connectivity index (χ3v) is 4.44. The number of carbonyl (C=O) groups is 1. The molecule has 1 aromatic carbocycles. The maximum absolute atomic E-state index is 12.4. The zero-order chi connectivity index (χ0) is 16.2. The van der Waals surface area contributed by atoms with Crippen molar-refractivity contribution in [2.24, 2.45) is 0 Å². The van der Waals surface area contributed by atoms with Crippen LogP contribution in [0.3, 0.4) is 0 Å². The first-order chi connectivity index (χ1) is 11.2. The minimum atomic E-state index is -0.103. The van der Waals surface area contributed by atoms with Crippen molar-refractivity contribution in [1.29, 1.82) is 0 Å². The second-order valence-corrected chi connectivity index (χ2v) is 5.89. The summed E-state index contributed by atoms with van der Waals surface area (Å²) in [5.74, 6) is -0.103. The van der Waals surface area contributed by atoms with E-state index in [1.54, 1.807) is 6.33 Å². The quantitative estimate of drug-likeness (QED) is 0.923.